The lowest BCUT2D eigenvalue weighted by Crippen LogP contribution is -1.81. The standard InChI is InChI=1S/C7H9N.N2/c1-6-2-4-7(8)5-3-6;1-2/h2-5H,8H2,1H3;. The monoisotopic (exact) mass is 135 g/mol. The molecule has 0 heterocycles. The molecule has 0 aliphatic heterocycles. The lowest BCUT2D eigenvalue weighted by Gasteiger charge is -1.90. The molecule has 52 valence electrons. The summed E-state index contributed by atoms with van der Waals surface area (Å²) < 4.78 is 0. The van der Waals surface area contributed by atoms with Gasteiger partial charge in [-0.15, -0.1) is 0 Å². The van der Waals surface area contributed by atoms with Gasteiger partial charge in [0, 0.05) is 16.5 Å². The van der Waals surface area contributed by atoms with Gasteiger partial charge in [0.15, 0.2) is 0 Å². The molecule has 0 aliphatic carbocycles. The Kier molecular flexibility index (Phi) is 3.66. The second kappa shape index (κ2) is 4.33. The maximum atomic E-state index is 6.00. The van der Waals surface area contributed by atoms with Gasteiger partial charge in [-0.2, -0.15) is 0 Å². The van der Waals surface area contributed by atoms with E-state index in [-0.39, 0.29) is 0 Å². The van der Waals surface area contributed by atoms with Gasteiger partial charge >= 0.3 is 0 Å². The highest BCUT2D eigenvalue weighted by molar-refractivity contribution is 5.38. The normalized spacial score (nSPS) is 7.50. The van der Waals surface area contributed by atoms with Gasteiger partial charge in [-0.3, -0.25) is 0 Å². The fourth-order valence-electron chi connectivity index (χ4n) is 0.566. The van der Waals surface area contributed by atoms with Gasteiger partial charge in [-0.25, -0.2) is 0 Å². The molecular formula is C7H9N3. The van der Waals surface area contributed by atoms with Gasteiger partial charge < -0.3 is 5.73 Å². The quantitative estimate of drug-likeness (QED) is 0.433. The van der Waals surface area contributed by atoms with E-state index in [0.29, 0.717) is 0 Å². The van der Waals surface area contributed by atoms with Crippen LogP contribution in [0.2, 0.25) is 0 Å². The lowest BCUT2D eigenvalue weighted by molar-refractivity contribution is 1.15. The highest BCUT2D eigenvalue weighted by atomic mass is 14.6. The number of nitrogen functional groups attached to an aromatic ring is 1. The largest absolute Gasteiger partial charge is 0.399 e. The van der Waals surface area contributed by atoms with Gasteiger partial charge in [0.25, 0.3) is 0 Å². The molecule has 0 unspecified atom stereocenters. The van der Waals surface area contributed by atoms with Crippen molar-refractivity contribution >= 4 is 5.69 Å². The maximum Gasteiger partial charge on any atom is 0.0314 e. The Hall–Kier alpha value is -1.56. The first kappa shape index (κ1) is 8.44. The molecule has 3 heteroatoms. The SMILES string of the molecule is Cc1ccc(N)cc1.N#N. The minimum atomic E-state index is 0.829. The molecule has 0 spiro atoms. The molecule has 1 aromatic carbocycles. The summed E-state index contributed by atoms with van der Waals surface area (Å²) in [6, 6.07) is 7.79. The second-order valence-corrected chi connectivity index (χ2v) is 1.91. The number of hydrogen-bond donors (Lipinski definition) is 1. The average molecular weight is 135 g/mol. The van der Waals surface area contributed by atoms with E-state index in [1.807, 2.05) is 31.2 Å². The Morgan fingerprint density at radius 2 is 1.50 bits per heavy atom. The van der Waals surface area contributed by atoms with E-state index < -0.39 is 0 Å². The summed E-state index contributed by atoms with van der Waals surface area (Å²) in [5, 5.41) is 12.0. The van der Waals surface area contributed by atoms with E-state index in [1.54, 1.807) is 0 Å². The molecule has 0 radical (unpaired) electrons. The molecule has 0 saturated carbocycles. The molecule has 3 nitrogen and oxygen atoms in total. The third-order valence-electron chi connectivity index (χ3n) is 1.08. The molecule has 0 saturated heterocycles. The van der Waals surface area contributed by atoms with Crippen LogP contribution < -0.4 is 5.73 Å². The number of nitrogens with zero attached hydrogens (tertiary/aromatic N) is 2. The Labute approximate surface area is 59.9 Å². The topological polar surface area (TPSA) is 73.6 Å². The van der Waals surface area contributed by atoms with Crippen molar-refractivity contribution in [3.05, 3.63) is 29.8 Å². The summed E-state index contributed by atoms with van der Waals surface area (Å²) in [4.78, 5) is 0. The predicted octanol–water partition coefficient (Wildman–Crippen LogP) is 1.61. The van der Waals surface area contributed by atoms with Crippen LogP contribution in [-0.4, -0.2) is 0 Å². The first-order valence-electron chi connectivity index (χ1n) is 2.81. The van der Waals surface area contributed by atoms with Crippen LogP contribution in [0.5, 0.6) is 0 Å². The van der Waals surface area contributed by atoms with Gasteiger partial charge in [0.05, 0.1) is 0 Å². The van der Waals surface area contributed by atoms with Crippen molar-refractivity contribution in [1.29, 1.82) is 10.8 Å². The Morgan fingerprint density at radius 1 is 1.10 bits per heavy atom. The van der Waals surface area contributed by atoms with E-state index in [0.717, 1.165) is 5.69 Å². The van der Waals surface area contributed by atoms with Crippen molar-refractivity contribution in [3.8, 4) is 0 Å². The third kappa shape index (κ3) is 2.68. The predicted molar refractivity (Wildman–Crippen MR) is 39.0 cm³/mol. The van der Waals surface area contributed by atoms with Crippen molar-refractivity contribution < 1.29 is 0 Å². The van der Waals surface area contributed by atoms with Gasteiger partial charge in [0.2, 0.25) is 0 Å². The van der Waals surface area contributed by atoms with Gasteiger partial charge in [0.1, 0.15) is 0 Å². The molecule has 0 aromatic heterocycles. The van der Waals surface area contributed by atoms with Gasteiger partial charge in [-0.05, 0) is 19.1 Å². The van der Waals surface area contributed by atoms with E-state index in [1.165, 1.54) is 5.56 Å². The number of benzene rings is 1. The fraction of sp³-hybridized carbons (Fsp3) is 0.143. The van der Waals surface area contributed by atoms with Crippen LogP contribution in [-0.2, 0) is 0 Å². The molecule has 0 aliphatic rings. The summed E-state index contributed by atoms with van der Waals surface area (Å²) >= 11 is 0. The van der Waals surface area contributed by atoms with Crippen LogP contribution in [0.3, 0.4) is 0 Å². The molecule has 0 fully saturated rings. The van der Waals surface area contributed by atoms with Crippen molar-refractivity contribution in [3.63, 3.8) is 0 Å². The van der Waals surface area contributed by atoms with Crippen molar-refractivity contribution in [2.24, 2.45) is 0 Å². The number of hydrogen-bond acceptors (Lipinski definition) is 3. The summed E-state index contributed by atoms with van der Waals surface area (Å²) in [6.07, 6.45) is 0. The van der Waals surface area contributed by atoms with Crippen LogP contribution >= 0.6 is 0 Å². The van der Waals surface area contributed by atoms with Gasteiger partial charge in [-0.1, -0.05) is 17.7 Å². The minimum absolute atomic E-state index is 0.829. The third-order valence-corrected chi connectivity index (χ3v) is 1.08. The van der Waals surface area contributed by atoms with Crippen LogP contribution in [0.15, 0.2) is 24.3 Å². The Morgan fingerprint density at radius 3 is 1.80 bits per heavy atom. The van der Waals surface area contributed by atoms with Crippen molar-refractivity contribution in [2.75, 3.05) is 5.73 Å². The molecule has 1 rings (SSSR count). The molecule has 0 bridgehead atoms. The number of nitrogens with two attached hydrogens (primary N) is 1. The van der Waals surface area contributed by atoms with Crippen LogP contribution in [0.4, 0.5) is 5.69 Å². The van der Waals surface area contributed by atoms with E-state index in [9.17, 15) is 0 Å². The van der Waals surface area contributed by atoms with Crippen molar-refractivity contribution in [1.82, 2.24) is 0 Å². The molecule has 1 aromatic rings. The van der Waals surface area contributed by atoms with E-state index >= 15 is 0 Å². The maximum absolute atomic E-state index is 6.00. The molecule has 0 atom stereocenters. The van der Waals surface area contributed by atoms with E-state index in [4.69, 9.17) is 16.5 Å². The Bertz CT molecular complexity index is 179. The summed E-state index contributed by atoms with van der Waals surface area (Å²) in [6.45, 7) is 2.04. The number of rotatable bonds is 0. The zero-order valence-corrected chi connectivity index (χ0v) is 5.78. The highest BCUT2D eigenvalue weighted by Crippen LogP contribution is 2.02. The first-order valence-corrected chi connectivity index (χ1v) is 2.81. The zero-order valence-electron chi connectivity index (χ0n) is 5.78. The molecule has 2 N–H and O–H groups in total. The smallest absolute Gasteiger partial charge is 0.0314 e. The second-order valence-electron chi connectivity index (χ2n) is 1.91. The van der Waals surface area contributed by atoms with Crippen LogP contribution in [0, 0.1) is 17.7 Å². The lowest BCUT2D eigenvalue weighted by atomic mass is 10.2. The van der Waals surface area contributed by atoms with E-state index in [2.05, 4.69) is 0 Å². The van der Waals surface area contributed by atoms with Crippen LogP contribution in [0.25, 0.3) is 0 Å². The molecular weight excluding hydrogens is 126 g/mol. The number of anilines is 1. The summed E-state index contributed by atoms with van der Waals surface area (Å²) in [5.74, 6) is 0. The number of aryl methyl sites for hydroxylation is 1. The Balaban J connectivity index is 0.000000371. The molecule has 0 amide bonds. The first-order chi connectivity index (χ1) is 4.79. The fourth-order valence-corrected chi connectivity index (χ4v) is 0.566. The summed E-state index contributed by atoms with van der Waals surface area (Å²) in [7, 11) is 0. The summed E-state index contributed by atoms with van der Waals surface area (Å²) in [5.41, 5.74) is 7.51. The minimum Gasteiger partial charge on any atom is -0.399 e. The van der Waals surface area contributed by atoms with Crippen molar-refractivity contribution in [2.45, 2.75) is 6.92 Å². The molecule has 10 heavy (non-hydrogen) atoms. The van der Waals surface area contributed by atoms with Crippen LogP contribution in [0.1, 0.15) is 5.56 Å². The zero-order chi connectivity index (χ0) is 7.98. The highest BCUT2D eigenvalue weighted by Gasteiger charge is 1.80. The average Bonchev–Trinajstić information content (AvgIpc) is 2.00.